The average molecular weight is 312 g/mol. The van der Waals surface area contributed by atoms with Gasteiger partial charge < -0.3 is 9.84 Å². The van der Waals surface area contributed by atoms with E-state index in [4.69, 9.17) is 4.74 Å². The summed E-state index contributed by atoms with van der Waals surface area (Å²) in [6.45, 7) is 8.03. The van der Waals surface area contributed by atoms with Crippen LogP contribution in [0.15, 0.2) is 36.4 Å². The van der Waals surface area contributed by atoms with Gasteiger partial charge in [0.2, 0.25) is 0 Å². The lowest BCUT2D eigenvalue weighted by atomic mass is 9.99. The number of benzene rings is 2. The summed E-state index contributed by atoms with van der Waals surface area (Å²) in [5, 5.41) is 9.56. The number of aliphatic carboxylic acids is 1. The quantitative estimate of drug-likeness (QED) is 0.867. The fraction of sp³-hybridized carbons (Fsp3) is 0.350. The summed E-state index contributed by atoms with van der Waals surface area (Å²) in [6, 6.07) is 11.9. The molecule has 2 rings (SSSR count). The number of aryl methyl sites for hydroxylation is 3. The normalized spacial score (nSPS) is 12.0. The van der Waals surface area contributed by atoms with Gasteiger partial charge in [0.1, 0.15) is 5.75 Å². The van der Waals surface area contributed by atoms with E-state index in [2.05, 4.69) is 13.0 Å². The minimum absolute atomic E-state index is 0.367. The molecular weight excluding hydrogens is 288 g/mol. The summed E-state index contributed by atoms with van der Waals surface area (Å²) in [5.74, 6) is -0.279. The predicted octanol–water partition coefficient (Wildman–Crippen LogP) is 4.25. The van der Waals surface area contributed by atoms with E-state index in [9.17, 15) is 9.90 Å². The van der Waals surface area contributed by atoms with Gasteiger partial charge in [-0.05, 0) is 61.1 Å². The third-order valence-electron chi connectivity index (χ3n) is 4.21. The van der Waals surface area contributed by atoms with Crippen molar-refractivity contribution in [3.05, 3.63) is 64.2 Å². The highest BCUT2D eigenvalue weighted by Crippen LogP contribution is 2.25. The molecule has 0 spiro atoms. The van der Waals surface area contributed by atoms with Gasteiger partial charge in [0.25, 0.3) is 0 Å². The van der Waals surface area contributed by atoms with Crippen molar-refractivity contribution < 1.29 is 14.6 Å². The summed E-state index contributed by atoms with van der Waals surface area (Å²) in [4.78, 5) is 11.7. The molecule has 0 radical (unpaired) electrons. The first-order valence-electron chi connectivity index (χ1n) is 7.96. The summed E-state index contributed by atoms with van der Waals surface area (Å²) >= 11 is 0. The molecule has 0 saturated heterocycles. The third kappa shape index (κ3) is 4.13. The lowest BCUT2D eigenvalue weighted by Crippen LogP contribution is -2.30. The number of hydrogen-bond acceptors (Lipinski definition) is 2. The Kier molecular flexibility index (Phi) is 5.43. The van der Waals surface area contributed by atoms with Crippen LogP contribution in [0.5, 0.6) is 5.75 Å². The Hall–Kier alpha value is -2.29. The molecular formula is C20H24O3. The molecule has 3 nitrogen and oxygen atoms in total. The van der Waals surface area contributed by atoms with Crippen molar-refractivity contribution in [3.8, 4) is 5.75 Å². The molecule has 1 unspecified atom stereocenters. The second kappa shape index (κ2) is 7.32. The molecule has 0 aliphatic heterocycles. The fourth-order valence-electron chi connectivity index (χ4n) is 2.76. The van der Waals surface area contributed by atoms with Gasteiger partial charge in [0.15, 0.2) is 6.10 Å². The number of ether oxygens (including phenoxy) is 1. The minimum Gasteiger partial charge on any atom is -0.478 e. The van der Waals surface area contributed by atoms with E-state index in [1.54, 1.807) is 0 Å². The molecule has 2 aromatic carbocycles. The summed E-state index contributed by atoms with van der Waals surface area (Å²) in [7, 11) is 0. The molecule has 122 valence electrons. The van der Waals surface area contributed by atoms with Crippen molar-refractivity contribution >= 4 is 5.97 Å². The second-order valence-electron chi connectivity index (χ2n) is 5.98. The smallest absolute Gasteiger partial charge is 0.345 e. The van der Waals surface area contributed by atoms with Gasteiger partial charge in [-0.15, -0.1) is 0 Å². The van der Waals surface area contributed by atoms with Gasteiger partial charge in [-0.3, -0.25) is 0 Å². The van der Waals surface area contributed by atoms with Crippen molar-refractivity contribution in [2.75, 3.05) is 0 Å². The van der Waals surface area contributed by atoms with E-state index in [1.807, 2.05) is 51.1 Å². The van der Waals surface area contributed by atoms with Crippen LogP contribution in [0.3, 0.4) is 0 Å². The lowest BCUT2D eigenvalue weighted by molar-refractivity contribution is -0.145. The standard InChI is InChI=1S/C20H24O3/c1-5-16-8-6-7-9-17(16)12-19(20(21)22)23-18-11-13(2)10-14(3)15(18)4/h6-11,19H,5,12H2,1-4H3,(H,21,22). The van der Waals surface area contributed by atoms with Crippen LogP contribution in [0.2, 0.25) is 0 Å². The number of carboxylic acids is 1. The molecule has 0 saturated carbocycles. The van der Waals surface area contributed by atoms with Gasteiger partial charge in [0, 0.05) is 6.42 Å². The van der Waals surface area contributed by atoms with Crippen molar-refractivity contribution in [2.45, 2.75) is 46.6 Å². The zero-order valence-electron chi connectivity index (χ0n) is 14.2. The Morgan fingerprint density at radius 1 is 1.13 bits per heavy atom. The monoisotopic (exact) mass is 312 g/mol. The van der Waals surface area contributed by atoms with E-state index in [-0.39, 0.29) is 0 Å². The maximum Gasteiger partial charge on any atom is 0.345 e. The SMILES string of the molecule is CCc1ccccc1CC(Oc1cc(C)cc(C)c1C)C(=O)O. The Labute approximate surface area is 137 Å². The Morgan fingerprint density at radius 3 is 2.39 bits per heavy atom. The lowest BCUT2D eigenvalue weighted by Gasteiger charge is -2.19. The van der Waals surface area contributed by atoms with E-state index < -0.39 is 12.1 Å². The first kappa shape index (κ1) is 17.1. The van der Waals surface area contributed by atoms with Gasteiger partial charge in [-0.2, -0.15) is 0 Å². The van der Waals surface area contributed by atoms with Crippen molar-refractivity contribution in [1.29, 1.82) is 0 Å². The zero-order chi connectivity index (χ0) is 17.0. The third-order valence-corrected chi connectivity index (χ3v) is 4.21. The topological polar surface area (TPSA) is 46.5 Å². The molecule has 0 aliphatic carbocycles. The number of carbonyl (C=O) groups is 1. The molecule has 0 amide bonds. The van der Waals surface area contributed by atoms with Crippen molar-refractivity contribution in [2.24, 2.45) is 0 Å². The highest BCUT2D eigenvalue weighted by molar-refractivity contribution is 5.73. The molecule has 1 N–H and O–H groups in total. The van der Waals surface area contributed by atoms with E-state index in [1.165, 1.54) is 5.56 Å². The first-order chi connectivity index (χ1) is 10.9. The minimum atomic E-state index is -0.936. The number of carboxylic acid groups (broad SMARTS) is 1. The predicted molar refractivity (Wildman–Crippen MR) is 92.2 cm³/mol. The molecule has 1 atom stereocenters. The van der Waals surface area contributed by atoms with E-state index >= 15 is 0 Å². The second-order valence-corrected chi connectivity index (χ2v) is 5.98. The average Bonchev–Trinajstić information content (AvgIpc) is 2.51. The molecule has 0 bridgehead atoms. The van der Waals surface area contributed by atoms with E-state index in [0.29, 0.717) is 12.2 Å². The zero-order valence-corrected chi connectivity index (χ0v) is 14.2. The number of rotatable bonds is 6. The summed E-state index contributed by atoms with van der Waals surface area (Å²) in [5.41, 5.74) is 5.37. The van der Waals surface area contributed by atoms with Crippen molar-refractivity contribution in [1.82, 2.24) is 0 Å². The summed E-state index contributed by atoms with van der Waals surface area (Å²) < 4.78 is 5.87. The van der Waals surface area contributed by atoms with Gasteiger partial charge in [0.05, 0.1) is 0 Å². The van der Waals surface area contributed by atoms with E-state index in [0.717, 1.165) is 28.7 Å². The van der Waals surface area contributed by atoms with Crippen LogP contribution in [0.4, 0.5) is 0 Å². The number of hydrogen-bond donors (Lipinski definition) is 1. The largest absolute Gasteiger partial charge is 0.478 e. The van der Waals surface area contributed by atoms with Crippen LogP contribution in [0, 0.1) is 20.8 Å². The maximum atomic E-state index is 11.7. The van der Waals surface area contributed by atoms with Crippen molar-refractivity contribution in [3.63, 3.8) is 0 Å². The van der Waals surface area contributed by atoms with Crippen LogP contribution in [0.25, 0.3) is 0 Å². The Bertz CT molecular complexity index is 704. The molecule has 2 aromatic rings. The van der Waals surface area contributed by atoms with Crippen LogP contribution in [-0.4, -0.2) is 17.2 Å². The molecule has 0 aromatic heterocycles. The van der Waals surface area contributed by atoms with Gasteiger partial charge >= 0.3 is 5.97 Å². The van der Waals surface area contributed by atoms with Crippen LogP contribution in [-0.2, 0) is 17.6 Å². The molecule has 0 aliphatic rings. The molecule has 23 heavy (non-hydrogen) atoms. The Morgan fingerprint density at radius 2 is 1.78 bits per heavy atom. The maximum absolute atomic E-state index is 11.7. The van der Waals surface area contributed by atoms with Crippen LogP contribution >= 0.6 is 0 Å². The fourth-order valence-corrected chi connectivity index (χ4v) is 2.76. The first-order valence-corrected chi connectivity index (χ1v) is 7.96. The summed E-state index contributed by atoms with van der Waals surface area (Å²) in [6.07, 6.45) is 0.360. The highest BCUT2D eigenvalue weighted by atomic mass is 16.5. The van der Waals surface area contributed by atoms with Gasteiger partial charge in [-0.25, -0.2) is 4.79 Å². The van der Waals surface area contributed by atoms with Crippen LogP contribution in [0.1, 0.15) is 34.7 Å². The molecule has 0 heterocycles. The molecule has 0 fully saturated rings. The Balaban J connectivity index is 2.28. The molecule has 3 heteroatoms. The van der Waals surface area contributed by atoms with Crippen LogP contribution < -0.4 is 4.74 Å². The highest BCUT2D eigenvalue weighted by Gasteiger charge is 2.22. The van der Waals surface area contributed by atoms with Gasteiger partial charge in [-0.1, -0.05) is 37.3 Å².